The zero-order valence-electron chi connectivity index (χ0n) is 8.05. The van der Waals surface area contributed by atoms with E-state index in [9.17, 15) is 0 Å². The SMILES string of the molecule is CN(C)c1ccc(-c2nnn[n-]2)cc1. The van der Waals surface area contributed by atoms with Gasteiger partial charge in [-0.3, -0.25) is 10.3 Å². The average molecular weight is 188 g/mol. The zero-order chi connectivity index (χ0) is 9.97. The molecule has 72 valence electrons. The maximum absolute atomic E-state index is 3.78. The molecular formula is C9H10N5-. The van der Waals surface area contributed by atoms with Gasteiger partial charge in [-0.1, -0.05) is 12.1 Å². The summed E-state index contributed by atoms with van der Waals surface area (Å²) in [5, 5.41) is 14.4. The maximum Gasteiger partial charge on any atom is 0.0397 e. The summed E-state index contributed by atoms with van der Waals surface area (Å²) in [5.74, 6) is 0.565. The first-order valence-electron chi connectivity index (χ1n) is 4.24. The van der Waals surface area contributed by atoms with Crippen molar-refractivity contribution in [3.63, 3.8) is 0 Å². The average Bonchev–Trinajstić information content (AvgIpc) is 2.71. The molecule has 5 heteroatoms. The molecule has 1 heterocycles. The second kappa shape index (κ2) is 3.45. The molecule has 0 bridgehead atoms. The van der Waals surface area contributed by atoms with E-state index in [1.54, 1.807) is 0 Å². The van der Waals surface area contributed by atoms with E-state index in [1.165, 1.54) is 0 Å². The number of nitrogens with zero attached hydrogens (tertiary/aromatic N) is 5. The van der Waals surface area contributed by atoms with Crippen molar-refractivity contribution in [2.75, 3.05) is 19.0 Å². The quantitative estimate of drug-likeness (QED) is 0.689. The van der Waals surface area contributed by atoms with Crippen molar-refractivity contribution < 1.29 is 0 Å². The van der Waals surface area contributed by atoms with Crippen LogP contribution in [-0.4, -0.2) is 29.6 Å². The molecule has 1 aromatic heterocycles. The maximum atomic E-state index is 3.78. The Hall–Kier alpha value is -1.91. The van der Waals surface area contributed by atoms with Crippen LogP contribution in [0.5, 0.6) is 0 Å². The van der Waals surface area contributed by atoms with Crippen LogP contribution in [0.3, 0.4) is 0 Å². The fraction of sp³-hybridized carbons (Fsp3) is 0.222. The van der Waals surface area contributed by atoms with Gasteiger partial charge in [0.25, 0.3) is 0 Å². The minimum absolute atomic E-state index is 0.565. The normalized spacial score (nSPS) is 10.1. The molecule has 2 rings (SSSR count). The van der Waals surface area contributed by atoms with Crippen LogP contribution in [0.15, 0.2) is 24.3 Å². The van der Waals surface area contributed by atoms with Gasteiger partial charge in [0.2, 0.25) is 0 Å². The number of hydrogen-bond donors (Lipinski definition) is 0. The highest BCUT2D eigenvalue weighted by Crippen LogP contribution is 2.17. The predicted molar refractivity (Wildman–Crippen MR) is 52.9 cm³/mol. The van der Waals surface area contributed by atoms with E-state index >= 15 is 0 Å². The Bertz CT molecular complexity index is 390. The Morgan fingerprint density at radius 2 is 1.86 bits per heavy atom. The molecule has 0 spiro atoms. The number of rotatable bonds is 2. The van der Waals surface area contributed by atoms with Gasteiger partial charge in [-0.15, -0.1) is 0 Å². The smallest absolute Gasteiger partial charge is 0.0397 e. The standard InChI is InChI=1S/C9H10N5/c1-14(2)8-5-3-7(4-6-8)9-10-12-13-11-9/h3-6H,1-2H3/q-1. The van der Waals surface area contributed by atoms with E-state index in [1.807, 2.05) is 43.3 Å². The van der Waals surface area contributed by atoms with Gasteiger partial charge in [-0.2, -0.15) is 5.21 Å². The van der Waals surface area contributed by atoms with Crippen molar-refractivity contribution in [2.24, 2.45) is 0 Å². The molecule has 0 amide bonds. The summed E-state index contributed by atoms with van der Waals surface area (Å²) in [6, 6.07) is 7.92. The summed E-state index contributed by atoms with van der Waals surface area (Å²) in [5.41, 5.74) is 2.07. The molecule has 0 saturated heterocycles. The third-order valence-electron chi connectivity index (χ3n) is 1.96. The van der Waals surface area contributed by atoms with Gasteiger partial charge in [0.1, 0.15) is 0 Å². The summed E-state index contributed by atoms with van der Waals surface area (Å²) < 4.78 is 0. The number of hydrogen-bond acceptors (Lipinski definition) is 4. The van der Waals surface area contributed by atoms with Gasteiger partial charge in [0.15, 0.2) is 0 Å². The fourth-order valence-corrected chi connectivity index (χ4v) is 1.17. The van der Waals surface area contributed by atoms with Crippen LogP contribution in [-0.2, 0) is 0 Å². The van der Waals surface area contributed by atoms with Crippen molar-refractivity contribution in [3.05, 3.63) is 24.3 Å². The third-order valence-corrected chi connectivity index (χ3v) is 1.96. The molecule has 0 atom stereocenters. The van der Waals surface area contributed by atoms with E-state index in [0.717, 1.165) is 11.3 Å². The highest BCUT2D eigenvalue weighted by atomic mass is 15.5. The Balaban J connectivity index is 2.31. The lowest BCUT2D eigenvalue weighted by atomic mass is 10.2. The minimum atomic E-state index is 0.565. The van der Waals surface area contributed by atoms with Crippen LogP contribution in [0.25, 0.3) is 11.4 Å². The molecular weight excluding hydrogens is 178 g/mol. The van der Waals surface area contributed by atoms with E-state index in [2.05, 4.69) is 20.6 Å². The molecule has 0 fully saturated rings. The lowest BCUT2D eigenvalue weighted by Crippen LogP contribution is -2.07. The Morgan fingerprint density at radius 3 is 2.36 bits per heavy atom. The number of aromatic nitrogens is 4. The highest BCUT2D eigenvalue weighted by molar-refractivity contribution is 5.59. The monoisotopic (exact) mass is 188 g/mol. The van der Waals surface area contributed by atoms with Crippen LogP contribution in [0.1, 0.15) is 0 Å². The largest absolute Gasteiger partial charge is 0.378 e. The van der Waals surface area contributed by atoms with E-state index in [4.69, 9.17) is 0 Å². The van der Waals surface area contributed by atoms with Crippen molar-refractivity contribution >= 4 is 5.69 Å². The Morgan fingerprint density at radius 1 is 1.14 bits per heavy atom. The molecule has 0 aliphatic rings. The van der Waals surface area contributed by atoms with Gasteiger partial charge < -0.3 is 10.00 Å². The Labute approximate surface area is 81.8 Å². The van der Waals surface area contributed by atoms with E-state index < -0.39 is 0 Å². The van der Waals surface area contributed by atoms with Gasteiger partial charge in [0, 0.05) is 25.6 Å². The van der Waals surface area contributed by atoms with Gasteiger partial charge in [-0.05, 0) is 17.7 Å². The molecule has 0 unspecified atom stereocenters. The molecule has 0 N–H and O–H groups in total. The third kappa shape index (κ3) is 1.56. The lowest BCUT2D eigenvalue weighted by molar-refractivity contribution is 0.871. The second-order valence-corrected chi connectivity index (χ2v) is 3.14. The van der Waals surface area contributed by atoms with E-state index in [0.29, 0.717) is 5.82 Å². The van der Waals surface area contributed by atoms with Crippen molar-refractivity contribution in [1.82, 2.24) is 20.6 Å². The first-order valence-corrected chi connectivity index (χ1v) is 4.24. The van der Waals surface area contributed by atoms with Crippen LogP contribution >= 0.6 is 0 Å². The van der Waals surface area contributed by atoms with Crippen LogP contribution in [0, 0.1) is 0 Å². The second-order valence-electron chi connectivity index (χ2n) is 3.14. The van der Waals surface area contributed by atoms with Crippen LogP contribution in [0.2, 0.25) is 0 Å². The highest BCUT2D eigenvalue weighted by Gasteiger charge is 1.96. The van der Waals surface area contributed by atoms with Crippen molar-refractivity contribution in [2.45, 2.75) is 0 Å². The summed E-state index contributed by atoms with van der Waals surface area (Å²) in [7, 11) is 3.99. The summed E-state index contributed by atoms with van der Waals surface area (Å²) in [6.45, 7) is 0. The van der Waals surface area contributed by atoms with Crippen LogP contribution < -0.4 is 10.00 Å². The molecule has 2 aromatic rings. The topological polar surface area (TPSA) is 56.0 Å². The van der Waals surface area contributed by atoms with Gasteiger partial charge in [-0.25, -0.2) is 0 Å². The number of anilines is 1. The van der Waals surface area contributed by atoms with Gasteiger partial charge in [0.05, 0.1) is 0 Å². The van der Waals surface area contributed by atoms with E-state index in [-0.39, 0.29) is 0 Å². The predicted octanol–water partition coefficient (Wildman–Crippen LogP) is 0.562. The van der Waals surface area contributed by atoms with Crippen molar-refractivity contribution in [1.29, 1.82) is 0 Å². The molecule has 5 nitrogen and oxygen atoms in total. The lowest BCUT2D eigenvalue weighted by Gasteiger charge is -2.12. The number of tetrazole rings is 1. The van der Waals surface area contributed by atoms with Gasteiger partial charge >= 0.3 is 0 Å². The van der Waals surface area contributed by atoms with Crippen molar-refractivity contribution in [3.8, 4) is 11.4 Å². The summed E-state index contributed by atoms with van der Waals surface area (Å²) in [4.78, 5) is 2.03. The summed E-state index contributed by atoms with van der Waals surface area (Å²) in [6.07, 6.45) is 0. The molecule has 0 radical (unpaired) electrons. The fourth-order valence-electron chi connectivity index (χ4n) is 1.17. The summed E-state index contributed by atoms with van der Waals surface area (Å²) >= 11 is 0. The zero-order valence-corrected chi connectivity index (χ0v) is 8.05. The van der Waals surface area contributed by atoms with Crippen LogP contribution in [0.4, 0.5) is 5.69 Å². The Kier molecular flexibility index (Phi) is 2.14. The molecule has 1 aromatic carbocycles. The minimum Gasteiger partial charge on any atom is -0.378 e. The molecule has 0 aliphatic carbocycles. The number of benzene rings is 1. The molecule has 14 heavy (non-hydrogen) atoms. The molecule has 0 aliphatic heterocycles. The first kappa shape index (κ1) is 8.68. The first-order chi connectivity index (χ1) is 6.77. The molecule has 0 saturated carbocycles.